The Balaban J connectivity index is 1.83. The highest BCUT2D eigenvalue weighted by Gasteiger charge is 2.36. The molecule has 1 fully saturated rings. The fourth-order valence-corrected chi connectivity index (χ4v) is 6.30. The second-order valence-corrected chi connectivity index (χ2v) is 10.3. The molecule has 0 unspecified atom stereocenters. The summed E-state index contributed by atoms with van der Waals surface area (Å²) in [5.74, 6) is 0.336. The summed E-state index contributed by atoms with van der Waals surface area (Å²) in [6.07, 6.45) is 1.09. The molecule has 2 aromatic rings. The minimum absolute atomic E-state index is 0.00459. The highest BCUT2D eigenvalue weighted by atomic mass is 32.2. The predicted molar refractivity (Wildman–Crippen MR) is 115 cm³/mol. The number of rotatable bonds is 2. The third-order valence-electron chi connectivity index (χ3n) is 5.91. The Bertz CT molecular complexity index is 1120. The van der Waals surface area contributed by atoms with Crippen LogP contribution in [0.5, 0.6) is 0 Å². The van der Waals surface area contributed by atoms with Crippen LogP contribution in [-0.2, 0) is 9.84 Å². The van der Waals surface area contributed by atoms with Crippen molar-refractivity contribution in [2.45, 2.75) is 37.0 Å². The zero-order valence-corrected chi connectivity index (χ0v) is 18.3. The van der Waals surface area contributed by atoms with Crippen LogP contribution in [0, 0.1) is 11.8 Å². The van der Waals surface area contributed by atoms with Crippen molar-refractivity contribution in [3.05, 3.63) is 53.6 Å². The van der Waals surface area contributed by atoms with Gasteiger partial charge in [-0.05, 0) is 55.5 Å². The van der Waals surface area contributed by atoms with Gasteiger partial charge in [0.25, 0.3) is 11.8 Å². The Hall–Kier alpha value is -2.67. The third-order valence-corrected chi connectivity index (χ3v) is 7.77. The monoisotopic (exact) mass is 426 g/mol. The van der Waals surface area contributed by atoms with Crippen LogP contribution < -0.4 is 4.90 Å². The Morgan fingerprint density at radius 1 is 1.03 bits per heavy atom. The largest absolute Gasteiger partial charge is 0.338 e. The number of fused-ring (bicyclic) bond motifs is 2. The minimum atomic E-state index is -3.89. The average Bonchev–Trinajstić information content (AvgIpc) is 2.78. The molecule has 6 nitrogen and oxygen atoms in total. The molecule has 2 aliphatic heterocycles. The van der Waals surface area contributed by atoms with Crippen LogP contribution in [0.15, 0.2) is 52.3 Å². The van der Waals surface area contributed by atoms with E-state index in [4.69, 9.17) is 0 Å². The quantitative estimate of drug-likeness (QED) is 0.735. The molecule has 158 valence electrons. The molecule has 0 N–H and O–H groups in total. The number of piperidine rings is 1. The van der Waals surface area contributed by atoms with Crippen LogP contribution in [-0.4, -0.2) is 44.8 Å². The summed E-state index contributed by atoms with van der Waals surface area (Å²) in [5.41, 5.74) is 0.826. The lowest BCUT2D eigenvalue weighted by Crippen LogP contribution is -2.42. The molecule has 0 radical (unpaired) electrons. The fourth-order valence-electron chi connectivity index (χ4n) is 4.66. The molecule has 0 aromatic heterocycles. The summed E-state index contributed by atoms with van der Waals surface area (Å²) < 4.78 is 26.6. The van der Waals surface area contributed by atoms with Gasteiger partial charge in [-0.3, -0.25) is 9.59 Å². The average molecular weight is 427 g/mol. The summed E-state index contributed by atoms with van der Waals surface area (Å²) in [4.78, 5) is 29.7. The topological polar surface area (TPSA) is 74.8 Å². The summed E-state index contributed by atoms with van der Waals surface area (Å²) >= 11 is 0. The molecule has 2 amide bonds. The normalized spacial score (nSPS) is 22.8. The van der Waals surface area contributed by atoms with E-state index in [2.05, 4.69) is 13.8 Å². The van der Waals surface area contributed by atoms with Gasteiger partial charge in [0.15, 0.2) is 0 Å². The van der Waals surface area contributed by atoms with Crippen molar-refractivity contribution < 1.29 is 18.0 Å². The smallest absolute Gasteiger partial charge is 0.259 e. The molecule has 30 heavy (non-hydrogen) atoms. The van der Waals surface area contributed by atoms with Gasteiger partial charge in [-0.15, -0.1) is 0 Å². The van der Waals surface area contributed by atoms with E-state index < -0.39 is 9.84 Å². The number of anilines is 1. The predicted octanol–water partition coefficient (Wildman–Crippen LogP) is 3.62. The summed E-state index contributed by atoms with van der Waals surface area (Å²) in [6, 6.07) is 10.9. The molecule has 7 heteroatoms. The first kappa shape index (κ1) is 20.6. The van der Waals surface area contributed by atoms with Crippen molar-refractivity contribution in [3.63, 3.8) is 0 Å². The van der Waals surface area contributed by atoms with Gasteiger partial charge in [-0.1, -0.05) is 26.0 Å². The van der Waals surface area contributed by atoms with Crippen LogP contribution in [0.3, 0.4) is 0 Å². The molecule has 0 saturated carbocycles. The van der Waals surface area contributed by atoms with Crippen LogP contribution in [0.4, 0.5) is 5.69 Å². The van der Waals surface area contributed by atoms with E-state index in [9.17, 15) is 18.0 Å². The number of carbonyl (C=O) groups is 2. The van der Waals surface area contributed by atoms with Gasteiger partial charge in [0, 0.05) is 25.2 Å². The SMILES string of the molecule is CCN1C(=O)c2ccccc2S(=O)(=O)c2ccc(C(=O)N3C[C@H](C)C[C@H](C)C3)cc21. The summed E-state index contributed by atoms with van der Waals surface area (Å²) in [6.45, 7) is 7.72. The number of sulfone groups is 1. The van der Waals surface area contributed by atoms with Gasteiger partial charge >= 0.3 is 0 Å². The Kier molecular flexibility index (Phi) is 5.18. The summed E-state index contributed by atoms with van der Waals surface area (Å²) in [5, 5.41) is 0. The zero-order valence-electron chi connectivity index (χ0n) is 17.5. The van der Waals surface area contributed by atoms with E-state index in [1.165, 1.54) is 23.1 Å². The van der Waals surface area contributed by atoms with E-state index >= 15 is 0 Å². The van der Waals surface area contributed by atoms with Crippen LogP contribution >= 0.6 is 0 Å². The first-order chi connectivity index (χ1) is 14.2. The van der Waals surface area contributed by atoms with Crippen molar-refractivity contribution in [1.82, 2.24) is 4.90 Å². The van der Waals surface area contributed by atoms with Crippen LogP contribution in [0.25, 0.3) is 0 Å². The van der Waals surface area contributed by atoms with E-state index in [1.807, 2.05) is 4.90 Å². The van der Waals surface area contributed by atoms with Crippen molar-refractivity contribution in [1.29, 1.82) is 0 Å². The van der Waals surface area contributed by atoms with E-state index in [0.717, 1.165) is 6.42 Å². The van der Waals surface area contributed by atoms with Crippen molar-refractivity contribution in [2.75, 3.05) is 24.5 Å². The molecule has 0 spiro atoms. The molecule has 2 atom stereocenters. The molecule has 0 bridgehead atoms. The number of amides is 2. The highest BCUT2D eigenvalue weighted by Crippen LogP contribution is 2.37. The number of carbonyl (C=O) groups excluding carboxylic acids is 2. The van der Waals surface area contributed by atoms with Crippen LogP contribution in [0.2, 0.25) is 0 Å². The fraction of sp³-hybridized carbons (Fsp3) is 0.391. The lowest BCUT2D eigenvalue weighted by atomic mass is 9.91. The van der Waals surface area contributed by atoms with Crippen molar-refractivity contribution >= 4 is 27.3 Å². The van der Waals surface area contributed by atoms with Crippen LogP contribution in [0.1, 0.15) is 47.9 Å². The lowest BCUT2D eigenvalue weighted by Gasteiger charge is -2.35. The second-order valence-electron chi connectivity index (χ2n) is 8.39. The van der Waals surface area contributed by atoms with Gasteiger partial charge in [0.2, 0.25) is 9.84 Å². The lowest BCUT2D eigenvalue weighted by molar-refractivity contribution is 0.0623. The van der Waals surface area contributed by atoms with Gasteiger partial charge in [-0.25, -0.2) is 8.42 Å². The first-order valence-corrected chi connectivity index (χ1v) is 11.8. The maximum atomic E-state index is 13.3. The Morgan fingerprint density at radius 2 is 1.70 bits per heavy atom. The summed E-state index contributed by atoms with van der Waals surface area (Å²) in [7, 11) is -3.89. The molecular weight excluding hydrogens is 400 g/mol. The van der Waals surface area contributed by atoms with Gasteiger partial charge in [-0.2, -0.15) is 0 Å². The number of benzene rings is 2. The molecule has 4 rings (SSSR count). The number of likely N-dealkylation sites (tertiary alicyclic amines) is 1. The Morgan fingerprint density at radius 3 is 2.37 bits per heavy atom. The number of hydrogen-bond donors (Lipinski definition) is 0. The van der Waals surface area contributed by atoms with Crippen molar-refractivity contribution in [2.24, 2.45) is 11.8 Å². The maximum absolute atomic E-state index is 13.3. The number of nitrogens with zero attached hydrogens (tertiary/aromatic N) is 2. The Labute approximate surface area is 177 Å². The second kappa shape index (κ2) is 7.54. The minimum Gasteiger partial charge on any atom is -0.338 e. The first-order valence-electron chi connectivity index (χ1n) is 10.3. The molecule has 2 aliphatic rings. The van der Waals surface area contributed by atoms with E-state index in [-0.39, 0.29) is 32.9 Å². The standard InChI is InChI=1S/C23H26N2O4S/c1-4-25-19-12-17(22(26)24-13-15(2)11-16(3)14-24)9-10-21(19)30(28,29)20-8-6-5-7-18(20)23(25)27/h5-10,12,15-16H,4,11,13-14H2,1-3H3/t15-,16+. The molecule has 2 aromatic carbocycles. The van der Waals surface area contributed by atoms with Gasteiger partial charge in [0.05, 0.1) is 21.0 Å². The molecule has 0 aliphatic carbocycles. The van der Waals surface area contributed by atoms with Gasteiger partial charge < -0.3 is 9.80 Å². The maximum Gasteiger partial charge on any atom is 0.259 e. The molecule has 2 heterocycles. The number of hydrogen-bond acceptors (Lipinski definition) is 4. The van der Waals surface area contributed by atoms with E-state index in [1.54, 1.807) is 31.2 Å². The van der Waals surface area contributed by atoms with Crippen molar-refractivity contribution in [3.8, 4) is 0 Å². The van der Waals surface area contributed by atoms with Gasteiger partial charge in [0.1, 0.15) is 0 Å². The highest BCUT2D eigenvalue weighted by molar-refractivity contribution is 7.91. The zero-order chi connectivity index (χ0) is 21.6. The third kappa shape index (κ3) is 3.31. The molecule has 1 saturated heterocycles. The van der Waals surface area contributed by atoms with E-state index in [0.29, 0.717) is 37.0 Å². The molecular formula is C23H26N2O4S.